The third kappa shape index (κ3) is 4.97. The van der Waals surface area contributed by atoms with Gasteiger partial charge < -0.3 is 15.5 Å². The van der Waals surface area contributed by atoms with Gasteiger partial charge >= 0.3 is 0 Å². The molecule has 0 amide bonds. The largest absolute Gasteiger partial charge is 0.360 e. The molecule has 0 bridgehead atoms. The molecule has 1 aromatic heterocycles. The molecule has 21 heavy (non-hydrogen) atoms. The molecule has 7 heteroatoms. The van der Waals surface area contributed by atoms with Crippen LogP contribution < -0.4 is 15.5 Å². The molecule has 1 saturated heterocycles. The summed E-state index contributed by atoms with van der Waals surface area (Å²) in [6.07, 6.45) is 2.36. The Balaban J connectivity index is 2.08. The maximum absolute atomic E-state index is 6.11. The van der Waals surface area contributed by atoms with E-state index in [1.165, 1.54) is 12.8 Å². The van der Waals surface area contributed by atoms with Gasteiger partial charge in [0.05, 0.1) is 0 Å². The quantitative estimate of drug-likeness (QED) is 0.657. The Morgan fingerprint density at radius 2 is 2.05 bits per heavy atom. The van der Waals surface area contributed by atoms with Crippen molar-refractivity contribution in [2.24, 2.45) is 5.92 Å². The van der Waals surface area contributed by atoms with E-state index < -0.39 is 0 Å². The zero-order valence-corrected chi connectivity index (χ0v) is 14.3. The molecular weight excluding hydrogens is 306 g/mol. The van der Waals surface area contributed by atoms with E-state index in [1.807, 2.05) is 19.9 Å². The SMILES string of the molecule is CC1CCN(c2cc(Cl)nc(NC(=S)NC(C)C)n2)CC1. The fourth-order valence-electron chi connectivity index (χ4n) is 2.26. The third-order valence-corrected chi connectivity index (χ3v) is 3.85. The first-order valence-corrected chi connectivity index (χ1v) is 8.09. The fraction of sp³-hybridized carbons (Fsp3) is 0.643. The lowest BCUT2D eigenvalue weighted by Gasteiger charge is -2.31. The summed E-state index contributed by atoms with van der Waals surface area (Å²) in [5, 5.41) is 7.02. The molecule has 0 radical (unpaired) electrons. The van der Waals surface area contributed by atoms with Crippen molar-refractivity contribution in [1.29, 1.82) is 0 Å². The molecule has 0 unspecified atom stereocenters. The molecule has 0 atom stereocenters. The highest BCUT2D eigenvalue weighted by Gasteiger charge is 2.18. The van der Waals surface area contributed by atoms with Gasteiger partial charge in [-0.1, -0.05) is 18.5 Å². The van der Waals surface area contributed by atoms with Gasteiger partial charge in [-0.05, 0) is 44.8 Å². The van der Waals surface area contributed by atoms with Crippen LogP contribution in [0.2, 0.25) is 5.15 Å². The van der Waals surface area contributed by atoms with Crippen LogP contribution in [0, 0.1) is 5.92 Å². The fourth-order valence-corrected chi connectivity index (χ4v) is 2.77. The Labute approximate surface area is 136 Å². The molecule has 2 N–H and O–H groups in total. The molecule has 2 heterocycles. The Kier molecular flexibility index (Phi) is 5.58. The van der Waals surface area contributed by atoms with Gasteiger partial charge in [0, 0.05) is 25.2 Å². The van der Waals surface area contributed by atoms with Gasteiger partial charge in [0.2, 0.25) is 5.95 Å². The van der Waals surface area contributed by atoms with Crippen molar-refractivity contribution in [1.82, 2.24) is 15.3 Å². The highest BCUT2D eigenvalue weighted by Crippen LogP contribution is 2.24. The number of nitrogens with one attached hydrogen (secondary N) is 2. The molecule has 116 valence electrons. The van der Waals surface area contributed by atoms with Crippen LogP contribution in [0.25, 0.3) is 0 Å². The lowest BCUT2D eigenvalue weighted by molar-refractivity contribution is 0.436. The second-order valence-corrected chi connectivity index (χ2v) is 6.59. The van der Waals surface area contributed by atoms with Crippen LogP contribution in [0.15, 0.2) is 6.07 Å². The average Bonchev–Trinajstić information content (AvgIpc) is 2.37. The summed E-state index contributed by atoms with van der Waals surface area (Å²) in [6.45, 7) is 8.33. The van der Waals surface area contributed by atoms with Crippen LogP contribution in [0.1, 0.15) is 33.6 Å². The van der Waals surface area contributed by atoms with Crippen molar-refractivity contribution >= 4 is 40.7 Å². The lowest BCUT2D eigenvalue weighted by atomic mass is 9.99. The maximum Gasteiger partial charge on any atom is 0.232 e. The molecule has 0 saturated carbocycles. The average molecular weight is 328 g/mol. The van der Waals surface area contributed by atoms with Crippen molar-refractivity contribution in [2.75, 3.05) is 23.3 Å². The van der Waals surface area contributed by atoms with Gasteiger partial charge in [-0.3, -0.25) is 0 Å². The number of nitrogens with zero attached hydrogens (tertiary/aromatic N) is 3. The topological polar surface area (TPSA) is 53.1 Å². The highest BCUT2D eigenvalue weighted by atomic mass is 35.5. The van der Waals surface area contributed by atoms with Gasteiger partial charge in [-0.25, -0.2) is 4.98 Å². The van der Waals surface area contributed by atoms with Gasteiger partial charge in [0.15, 0.2) is 5.11 Å². The summed E-state index contributed by atoms with van der Waals surface area (Å²) in [4.78, 5) is 10.9. The third-order valence-electron chi connectivity index (χ3n) is 3.43. The van der Waals surface area contributed by atoms with Gasteiger partial charge in [0.25, 0.3) is 0 Å². The van der Waals surface area contributed by atoms with Gasteiger partial charge in [0.1, 0.15) is 11.0 Å². The summed E-state index contributed by atoms with van der Waals surface area (Å²) in [5.74, 6) is 2.07. The monoisotopic (exact) mass is 327 g/mol. The van der Waals surface area contributed by atoms with E-state index in [2.05, 4.69) is 32.4 Å². The molecule has 2 rings (SSSR count). The molecule has 1 aromatic rings. The predicted molar refractivity (Wildman–Crippen MR) is 92.1 cm³/mol. The van der Waals surface area contributed by atoms with Crippen molar-refractivity contribution in [3.05, 3.63) is 11.2 Å². The number of thiocarbonyl (C=S) groups is 1. The first-order chi connectivity index (χ1) is 9.94. The number of hydrogen-bond donors (Lipinski definition) is 2. The van der Waals surface area contributed by atoms with E-state index >= 15 is 0 Å². The van der Waals surface area contributed by atoms with E-state index in [9.17, 15) is 0 Å². The molecule has 1 aliphatic heterocycles. The van der Waals surface area contributed by atoms with Crippen molar-refractivity contribution in [3.8, 4) is 0 Å². The van der Waals surface area contributed by atoms with Crippen LogP contribution in [0.4, 0.5) is 11.8 Å². The minimum atomic E-state index is 0.257. The number of hydrogen-bond acceptors (Lipinski definition) is 4. The molecule has 1 fully saturated rings. The minimum Gasteiger partial charge on any atom is -0.360 e. The standard InChI is InChI=1S/C14H22ClN5S/c1-9(2)16-14(21)19-13-17-11(15)8-12(18-13)20-6-4-10(3)5-7-20/h8-10H,4-7H2,1-3H3,(H2,16,17,18,19,21). The maximum atomic E-state index is 6.11. The Hall–Kier alpha value is -1.14. The van der Waals surface area contributed by atoms with E-state index in [0.29, 0.717) is 16.2 Å². The molecule has 1 aliphatic rings. The molecular formula is C14H22ClN5S. The zero-order valence-electron chi connectivity index (χ0n) is 12.7. The summed E-state index contributed by atoms with van der Waals surface area (Å²) in [7, 11) is 0. The van der Waals surface area contributed by atoms with Crippen LogP contribution in [0.5, 0.6) is 0 Å². The van der Waals surface area contributed by atoms with Crippen LogP contribution >= 0.6 is 23.8 Å². The number of anilines is 2. The second kappa shape index (κ2) is 7.22. The van der Waals surface area contributed by atoms with Crippen LogP contribution in [-0.4, -0.2) is 34.2 Å². The Bertz CT molecular complexity index is 500. The Morgan fingerprint density at radius 1 is 1.38 bits per heavy atom. The minimum absolute atomic E-state index is 0.257. The number of aromatic nitrogens is 2. The smallest absolute Gasteiger partial charge is 0.232 e. The lowest BCUT2D eigenvalue weighted by Crippen LogP contribution is -2.35. The van der Waals surface area contributed by atoms with Crippen LogP contribution in [-0.2, 0) is 0 Å². The Morgan fingerprint density at radius 3 is 2.67 bits per heavy atom. The van der Waals surface area contributed by atoms with E-state index in [0.717, 1.165) is 24.8 Å². The van der Waals surface area contributed by atoms with Gasteiger partial charge in [-0.2, -0.15) is 4.98 Å². The summed E-state index contributed by atoms with van der Waals surface area (Å²) >= 11 is 11.3. The second-order valence-electron chi connectivity index (χ2n) is 5.80. The van der Waals surface area contributed by atoms with E-state index in [1.54, 1.807) is 0 Å². The molecule has 0 aromatic carbocycles. The van der Waals surface area contributed by atoms with Crippen molar-refractivity contribution in [2.45, 2.75) is 39.7 Å². The number of piperidine rings is 1. The number of halogens is 1. The van der Waals surface area contributed by atoms with E-state index in [4.69, 9.17) is 23.8 Å². The molecule has 0 aliphatic carbocycles. The number of rotatable bonds is 3. The predicted octanol–water partition coefficient (Wildman–Crippen LogP) is 3.06. The summed E-state index contributed by atoms with van der Waals surface area (Å²) < 4.78 is 0. The summed E-state index contributed by atoms with van der Waals surface area (Å²) in [6, 6.07) is 2.06. The first-order valence-electron chi connectivity index (χ1n) is 7.31. The first kappa shape index (κ1) is 16.2. The van der Waals surface area contributed by atoms with E-state index in [-0.39, 0.29) is 6.04 Å². The highest BCUT2D eigenvalue weighted by molar-refractivity contribution is 7.80. The summed E-state index contributed by atoms with van der Waals surface area (Å²) in [5.41, 5.74) is 0. The molecule has 5 nitrogen and oxygen atoms in total. The molecule has 0 spiro atoms. The van der Waals surface area contributed by atoms with Crippen molar-refractivity contribution < 1.29 is 0 Å². The van der Waals surface area contributed by atoms with Crippen LogP contribution in [0.3, 0.4) is 0 Å². The normalized spacial score (nSPS) is 16.1. The van der Waals surface area contributed by atoms with Gasteiger partial charge in [-0.15, -0.1) is 0 Å². The van der Waals surface area contributed by atoms with Crippen molar-refractivity contribution in [3.63, 3.8) is 0 Å². The zero-order chi connectivity index (χ0) is 15.4.